The van der Waals surface area contributed by atoms with E-state index in [9.17, 15) is 0 Å². The molecule has 2 rings (SSSR count). The number of hydrogen-bond acceptors (Lipinski definition) is 2. The van der Waals surface area contributed by atoms with Gasteiger partial charge < -0.3 is 5.32 Å². The van der Waals surface area contributed by atoms with Crippen molar-refractivity contribution in [3.05, 3.63) is 29.6 Å². The maximum absolute atomic E-state index is 4.67. The molecule has 0 spiro atoms. The topological polar surface area (TPSA) is 24.9 Å². The fourth-order valence-corrected chi connectivity index (χ4v) is 3.43. The molecule has 0 fully saturated rings. The number of fused-ring (bicyclic) bond motifs is 1. The average molecular weight is 274 g/mol. The van der Waals surface area contributed by atoms with E-state index in [1.54, 1.807) is 0 Å². The Labute approximate surface area is 124 Å². The summed E-state index contributed by atoms with van der Waals surface area (Å²) < 4.78 is 0. The minimum absolute atomic E-state index is 0.697. The van der Waals surface area contributed by atoms with Crippen molar-refractivity contribution in [2.24, 2.45) is 0 Å². The minimum Gasteiger partial charge on any atom is -0.314 e. The SMILES string of the molecule is CCCNC(CCC)CCC1CCCc2cccnc21. The molecule has 2 nitrogen and oxygen atoms in total. The highest BCUT2D eigenvalue weighted by molar-refractivity contribution is 5.25. The van der Waals surface area contributed by atoms with E-state index in [0.717, 1.165) is 6.54 Å². The number of hydrogen-bond donors (Lipinski definition) is 1. The second-order valence-corrected chi connectivity index (χ2v) is 6.15. The zero-order chi connectivity index (χ0) is 14.2. The van der Waals surface area contributed by atoms with Gasteiger partial charge in [0.2, 0.25) is 0 Å². The third kappa shape index (κ3) is 4.31. The van der Waals surface area contributed by atoms with Crippen LogP contribution in [0.25, 0.3) is 0 Å². The molecule has 0 radical (unpaired) electrons. The molecule has 2 heteroatoms. The Bertz CT molecular complexity index is 389. The van der Waals surface area contributed by atoms with E-state index in [4.69, 9.17) is 0 Å². The lowest BCUT2D eigenvalue weighted by Crippen LogP contribution is -2.30. The first kappa shape index (κ1) is 15.5. The zero-order valence-corrected chi connectivity index (χ0v) is 13.2. The van der Waals surface area contributed by atoms with Crippen molar-refractivity contribution in [1.82, 2.24) is 10.3 Å². The van der Waals surface area contributed by atoms with Crippen LogP contribution in [-0.4, -0.2) is 17.6 Å². The van der Waals surface area contributed by atoms with E-state index in [0.29, 0.717) is 12.0 Å². The van der Waals surface area contributed by atoms with Crippen LogP contribution in [0.15, 0.2) is 18.3 Å². The molecule has 1 N–H and O–H groups in total. The van der Waals surface area contributed by atoms with Gasteiger partial charge in [0, 0.05) is 23.9 Å². The fraction of sp³-hybridized carbons (Fsp3) is 0.722. The largest absolute Gasteiger partial charge is 0.314 e. The third-order valence-corrected chi connectivity index (χ3v) is 4.50. The lowest BCUT2D eigenvalue weighted by Gasteiger charge is -2.26. The van der Waals surface area contributed by atoms with Crippen molar-refractivity contribution in [2.45, 2.75) is 77.2 Å². The van der Waals surface area contributed by atoms with Gasteiger partial charge in [0.15, 0.2) is 0 Å². The van der Waals surface area contributed by atoms with E-state index in [1.165, 1.54) is 62.6 Å². The lowest BCUT2D eigenvalue weighted by atomic mass is 9.83. The van der Waals surface area contributed by atoms with Crippen LogP contribution in [0.2, 0.25) is 0 Å². The number of rotatable bonds is 8. The standard InChI is InChI=1S/C18H30N2/c1-3-7-17(19-13-4-2)12-11-16-9-5-8-15-10-6-14-20-18(15)16/h6,10,14,16-17,19H,3-5,7-9,11-13H2,1-2H3. The predicted octanol–water partition coefficient (Wildman–Crippen LogP) is 4.45. The maximum Gasteiger partial charge on any atom is 0.0466 e. The molecule has 1 aliphatic rings. The van der Waals surface area contributed by atoms with Crippen molar-refractivity contribution in [3.8, 4) is 0 Å². The van der Waals surface area contributed by atoms with E-state index in [-0.39, 0.29) is 0 Å². The Morgan fingerprint density at radius 2 is 2.20 bits per heavy atom. The molecule has 0 saturated carbocycles. The molecule has 2 unspecified atom stereocenters. The molecule has 1 heterocycles. The maximum atomic E-state index is 4.67. The molecule has 112 valence electrons. The highest BCUT2D eigenvalue weighted by atomic mass is 14.9. The van der Waals surface area contributed by atoms with Crippen LogP contribution in [0, 0.1) is 0 Å². The summed E-state index contributed by atoms with van der Waals surface area (Å²) in [5, 5.41) is 3.71. The van der Waals surface area contributed by atoms with Gasteiger partial charge in [0.1, 0.15) is 0 Å². The zero-order valence-electron chi connectivity index (χ0n) is 13.2. The molecular weight excluding hydrogens is 244 g/mol. The second-order valence-electron chi connectivity index (χ2n) is 6.15. The molecule has 0 saturated heterocycles. The van der Waals surface area contributed by atoms with Crippen LogP contribution in [0.5, 0.6) is 0 Å². The van der Waals surface area contributed by atoms with Gasteiger partial charge in [-0.05, 0) is 63.1 Å². The molecule has 0 aromatic carbocycles. The third-order valence-electron chi connectivity index (χ3n) is 4.50. The van der Waals surface area contributed by atoms with Crippen LogP contribution in [0.4, 0.5) is 0 Å². The van der Waals surface area contributed by atoms with Crippen LogP contribution in [0.3, 0.4) is 0 Å². The van der Waals surface area contributed by atoms with Crippen molar-refractivity contribution >= 4 is 0 Å². The van der Waals surface area contributed by atoms with E-state index >= 15 is 0 Å². The van der Waals surface area contributed by atoms with Gasteiger partial charge in [-0.2, -0.15) is 0 Å². The minimum atomic E-state index is 0.697. The molecule has 1 aliphatic carbocycles. The van der Waals surface area contributed by atoms with Crippen LogP contribution >= 0.6 is 0 Å². The molecule has 1 aromatic rings. The van der Waals surface area contributed by atoms with Crippen LogP contribution in [-0.2, 0) is 6.42 Å². The average Bonchev–Trinajstić information content (AvgIpc) is 2.50. The number of aromatic nitrogens is 1. The van der Waals surface area contributed by atoms with Crippen molar-refractivity contribution in [3.63, 3.8) is 0 Å². The predicted molar refractivity (Wildman–Crippen MR) is 86.1 cm³/mol. The summed E-state index contributed by atoms with van der Waals surface area (Å²) in [5.41, 5.74) is 2.89. The van der Waals surface area contributed by atoms with Crippen molar-refractivity contribution in [1.29, 1.82) is 0 Å². The smallest absolute Gasteiger partial charge is 0.0466 e. The van der Waals surface area contributed by atoms with E-state index in [1.807, 2.05) is 6.20 Å². The van der Waals surface area contributed by atoms with Gasteiger partial charge in [0.05, 0.1) is 0 Å². The number of pyridine rings is 1. The summed E-state index contributed by atoms with van der Waals surface area (Å²) in [7, 11) is 0. The Morgan fingerprint density at radius 3 is 3.00 bits per heavy atom. The second kappa shape index (κ2) is 8.41. The molecule has 20 heavy (non-hydrogen) atoms. The quantitative estimate of drug-likeness (QED) is 0.757. The van der Waals surface area contributed by atoms with Crippen molar-refractivity contribution in [2.75, 3.05) is 6.54 Å². The molecule has 0 amide bonds. The van der Waals surface area contributed by atoms with Gasteiger partial charge >= 0.3 is 0 Å². The van der Waals surface area contributed by atoms with Crippen LogP contribution in [0.1, 0.15) is 76.0 Å². The fourth-order valence-electron chi connectivity index (χ4n) is 3.43. The number of nitrogens with zero attached hydrogens (tertiary/aromatic N) is 1. The highest BCUT2D eigenvalue weighted by Crippen LogP contribution is 2.33. The molecule has 1 aromatic heterocycles. The normalized spacial score (nSPS) is 19.6. The molecular formula is C18H30N2. The number of nitrogens with one attached hydrogen (secondary N) is 1. The summed E-state index contributed by atoms with van der Waals surface area (Å²) in [5.74, 6) is 0.697. The Morgan fingerprint density at radius 1 is 1.30 bits per heavy atom. The molecule has 0 bridgehead atoms. The first-order valence-electron chi connectivity index (χ1n) is 8.52. The lowest BCUT2D eigenvalue weighted by molar-refractivity contribution is 0.399. The first-order valence-corrected chi connectivity index (χ1v) is 8.52. The molecule has 2 atom stereocenters. The summed E-state index contributed by atoms with van der Waals surface area (Å²) in [6.07, 6.45) is 12.3. The van der Waals surface area contributed by atoms with Gasteiger partial charge in [-0.25, -0.2) is 0 Å². The molecule has 0 aliphatic heterocycles. The van der Waals surface area contributed by atoms with Gasteiger partial charge in [-0.3, -0.25) is 4.98 Å². The van der Waals surface area contributed by atoms with Gasteiger partial charge in [-0.1, -0.05) is 26.3 Å². The van der Waals surface area contributed by atoms with Gasteiger partial charge in [-0.15, -0.1) is 0 Å². The Balaban J connectivity index is 1.89. The Hall–Kier alpha value is -0.890. The number of aryl methyl sites for hydroxylation is 1. The summed E-state index contributed by atoms with van der Waals surface area (Å²) in [4.78, 5) is 4.67. The summed E-state index contributed by atoms with van der Waals surface area (Å²) in [6, 6.07) is 5.06. The Kier molecular flexibility index (Phi) is 6.52. The summed E-state index contributed by atoms with van der Waals surface area (Å²) in [6.45, 7) is 5.69. The van der Waals surface area contributed by atoms with E-state index < -0.39 is 0 Å². The first-order chi connectivity index (χ1) is 9.85. The van der Waals surface area contributed by atoms with Crippen LogP contribution < -0.4 is 5.32 Å². The van der Waals surface area contributed by atoms with E-state index in [2.05, 4.69) is 36.3 Å². The van der Waals surface area contributed by atoms with Gasteiger partial charge in [0.25, 0.3) is 0 Å². The van der Waals surface area contributed by atoms with Crippen molar-refractivity contribution < 1.29 is 0 Å². The highest BCUT2D eigenvalue weighted by Gasteiger charge is 2.22. The summed E-state index contributed by atoms with van der Waals surface area (Å²) >= 11 is 0. The monoisotopic (exact) mass is 274 g/mol.